The molecule has 0 bridgehead atoms. The van der Waals surface area contributed by atoms with Crippen LogP contribution in [0.25, 0.3) is 6.08 Å². The first-order chi connectivity index (χ1) is 9.26. The van der Waals surface area contributed by atoms with Crippen molar-refractivity contribution in [3.05, 3.63) is 42.0 Å². The Kier molecular flexibility index (Phi) is 7.60. The molecule has 0 spiro atoms. The van der Waals surface area contributed by atoms with Gasteiger partial charge in [0.2, 0.25) is 6.29 Å². The molecule has 0 saturated carbocycles. The highest BCUT2D eigenvalue weighted by molar-refractivity contribution is 5.50. The van der Waals surface area contributed by atoms with E-state index in [4.69, 9.17) is 9.47 Å². The molecular formula is C16H20O3. The van der Waals surface area contributed by atoms with Gasteiger partial charge in [-0.25, -0.2) is 0 Å². The molecule has 102 valence electrons. The number of benzene rings is 1. The van der Waals surface area contributed by atoms with Crippen LogP contribution in [-0.4, -0.2) is 30.7 Å². The van der Waals surface area contributed by atoms with Crippen molar-refractivity contribution in [3.8, 4) is 11.8 Å². The summed E-state index contributed by atoms with van der Waals surface area (Å²) in [5.74, 6) is 5.45. The lowest BCUT2D eigenvalue weighted by atomic mass is 10.2. The van der Waals surface area contributed by atoms with Gasteiger partial charge in [-0.2, -0.15) is 0 Å². The lowest BCUT2D eigenvalue weighted by molar-refractivity contribution is -0.0971. The Morgan fingerprint density at radius 2 is 1.74 bits per heavy atom. The third-order valence-corrected chi connectivity index (χ3v) is 2.26. The molecule has 1 atom stereocenters. The van der Waals surface area contributed by atoms with E-state index in [0.717, 1.165) is 5.56 Å². The largest absolute Gasteiger partial charge is 0.377 e. The molecule has 0 heterocycles. The second-order valence-electron chi connectivity index (χ2n) is 3.75. The Morgan fingerprint density at radius 1 is 1.11 bits per heavy atom. The van der Waals surface area contributed by atoms with Gasteiger partial charge >= 0.3 is 0 Å². The number of hydrogen-bond acceptors (Lipinski definition) is 3. The standard InChI is InChI=1S/C16H20O3/c1-3-18-16(19-4-2)13-12-15(17)11-10-14-8-6-5-7-9-14/h5-11,15-17H,3-4H2,1-2H3/b11-10+/t15-/m0/s1. The Bertz CT molecular complexity index is 422. The van der Waals surface area contributed by atoms with E-state index in [1.54, 1.807) is 6.08 Å². The smallest absolute Gasteiger partial charge is 0.222 e. The predicted molar refractivity (Wildman–Crippen MR) is 76.3 cm³/mol. The van der Waals surface area contributed by atoms with Gasteiger partial charge in [-0.1, -0.05) is 42.3 Å². The van der Waals surface area contributed by atoms with Gasteiger partial charge in [0.05, 0.1) is 0 Å². The number of aliphatic hydroxyl groups excluding tert-OH is 1. The highest BCUT2D eigenvalue weighted by atomic mass is 16.7. The molecule has 0 unspecified atom stereocenters. The second kappa shape index (κ2) is 9.35. The highest BCUT2D eigenvalue weighted by Crippen LogP contribution is 2.02. The van der Waals surface area contributed by atoms with E-state index in [1.807, 2.05) is 50.3 Å². The molecule has 0 aliphatic carbocycles. The fraction of sp³-hybridized carbons (Fsp3) is 0.375. The van der Waals surface area contributed by atoms with Crippen molar-refractivity contribution in [2.75, 3.05) is 13.2 Å². The van der Waals surface area contributed by atoms with E-state index < -0.39 is 12.4 Å². The predicted octanol–water partition coefficient (Wildman–Crippen LogP) is 2.46. The minimum atomic E-state index is -0.830. The summed E-state index contributed by atoms with van der Waals surface area (Å²) in [5.41, 5.74) is 1.02. The van der Waals surface area contributed by atoms with E-state index in [9.17, 15) is 5.11 Å². The van der Waals surface area contributed by atoms with Crippen LogP contribution in [-0.2, 0) is 9.47 Å². The van der Waals surface area contributed by atoms with E-state index in [0.29, 0.717) is 13.2 Å². The van der Waals surface area contributed by atoms with Gasteiger partial charge in [0, 0.05) is 13.2 Å². The topological polar surface area (TPSA) is 38.7 Å². The zero-order valence-corrected chi connectivity index (χ0v) is 11.4. The Balaban J connectivity index is 2.54. The first-order valence-electron chi connectivity index (χ1n) is 6.41. The van der Waals surface area contributed by atoms with E-state index in [1.165, 1.54) is 0 Å². The van der Waals surface area contributed by atoms with Crippen molar-refractivity contribution < 1.29 is 14.6 Å². The molecule has 3 nitrogen and oxygen atoms in total. The number of aliphatic hydroxyl groups is 1. The molecule has 19 heavy (non-hydrogen) atoms. The third kappa shape index (κ3) is 6.78. The molecule has 1 aromatic rings. The number of rotatable bonds is 6. The van der Waals surface area contributed by atoms with Gasteiger partial charge in [0.15, 0.2) is 0 Å². The lowest BCUT2D eigenvalue weighted by Gasteiger charge is -2.09. The lowest BCUT2D eigenvalue weighted by Crippen LogP contribution is -2.15. The molecule has 0 radical (unpaired) electrons. The van der Waals surface area contributed by atoms with Crippen LogP contribution in [0, 0.1) is 11.8 Å². The fourth-order valence-electron chi connectivity index (χ4n) is 1.40. The van der Waals surface area contributed by atoms with Crippen LogP contribution in [0.4, 0.5) is 0 Å². The van der Waals surface area contributed by atoms with Crippen molar-refractivity contribution in [1.29, 1.82) is 0 Å². The van der Waals surface area contributed by atoms with Gasteiger partial charge in [0.1, 0.15) is 6.10 Å². The maximum atomic E-state index is 9.72. The van der Waals surface area contributed by atoms with Gasteiger partial charge in [0.25, 0.3) is 0 Å². The van der Waals surface area contributed by atoms with Crippen LogP contribution >= 0.6 is 0 Å². The molecule has 3 heteroatoms. The molecule has 1 aromatic carbocycles. The molecule has 0 fully saturated rings. The quantitative estimate of drug-likeness (QED) is 0.631. The van der Waals surface area contributed by atoms with Crippen LogP contribution < -0.4 is 0 Å². The summed E-state index contributed by atoms with van der Waals surface area (Å²) in [4.78, 5) is 0. The summed E-state index contributed by atoms with van der Waals surface area (Å²) in [6.45, 7) is 4.80. The molecule has 1 rings (SSSR count). The maximum Gasteiger partial charge on any atom is 0.222 e. The van der Waals surface area contributed by atoms with Crippen LogP contribution in [0.1, 0.15) is 19.4 Å². The minimum absolute atomic E-state index is 0.523. The van der Waals surface area contributed by atoms with Crippen molar-refractivity contribution in [1.82, 2.24) is 0 Å². The first-order valence-corrected chi connectivity index (χ1v) is 6.41. The van der Waals surface area contributed by atoms with E-state index in [2.05, 4.69) is 11.8 Å². The fourth-order valence-corrected chi connectivity index (χ4v) is 1.40. The molecule has 0 aromatic heterocycles. The Labute approximate surface area is 114 Å². The average Bonchev–Trinajstić information content (AvgIpc) is 2.44. The monoisotopic (exact) mass is 260 g/mol. The zero-order chi connectivity index (χ0) is 13.9. The van der Waals surface area contributed by atoms with E-state index in [-0.39, 0.29) is 0 Å². The minimum Gasteiger partial charge on any atom is -0.377 e. The average molecular weight is 260 g/mol. The summed E-state index contributed by atoms with van der Waals surface area (Å²) >= 11 is 0. The summed E-state index contributed by atoms with van der Waals surface area (Å²) in [5, 5.41) is 9.72. The highest BCUT2D eigenvalue weighted by Gasteiger charge is 2.02. The van der Waals surface area contributed by atoms with Crippen LogP contribution in [0.15, 0.2) is 36.4 Å². The Morgan fingerprint density at radius 3 is 2.32 bits per heavy atom. The van der Waals surface area contributed by atoms with Crippen molar-refractivity contribution in [3.63, 3.8) is 0 Å². The van der Waals surface area contributed by atoms with E-state index >= 15 is 0 Å². The van der Waals surface area contributed by atoms with Crippen molar-refractivity contribution in [2.24, 2.45) is 0 Å². The molecule has 0 aliphatic rings. The summed E-state index contributed by atoms with van der Waals surface area (Å²) in [6, 6.07) is 9.75. The Hall–Kier alpha value is -1.60. The van der Waals surface area contributed by atoms with Crippen LogP contribution in [0.5, 0.6) is 0 Å². The zero-order valence-electron chi connectivity index (χ0n) is 11.4. The van der Waals surface area contributed by atoms with Crippen LogP contribution in [0.3, 0.4) is 0 Å². The molecule has 0 amide bonds. The van der Waals surface area contributed by atoms with Crippen molar-refractivity contribution >= 4 is 6.08 Å². The first kappa shape index (κ1) is 15.5. The summed E-state index contributed by atoms with van der Waals surface area (Å²) in [6.07, 6.45) is 2.06. The summed E-state index contributed by atoms with van der Waals surface area (Å²) < 4.78 is 10.5. The van der Waals surface area contributed by atoms with Gasteiger partial charge in [-0.3, -0.25) is 0 Å². The second-order valence-corrected chi connectivity index (χ2v) is 3.75. The molecule has 0 saturated heterocycles. The molecular weight excluding hydrogens is 240 g/mol. The molecule has 1 N–H and O–H groups in total. The van der Waals surface area contributed by atoms with Gasteiger partial charge in [-0.15, -0.1) is 0 Å². The van der Waals surface area contributed by atoms with Gasteiger partial charge < -0.3 is 14.6 Å². The maximum absolute atomic E-state index is 9.72. The molecule has 0 aliphatic heterocycles. The normalized spacial score (nSPS) is 12.4. The summed E-state index contributed by atoms with van der Waals surface area (Å²) in [7, 11) is 0. The van der Waals surface area contributed by atoms with Crippen LogP contribution in [0.2, 0.25) is 0 Å². The number of hydrogen-bond donors (Lipinski definition) is 1. The van der Waals surface area contributed by atoms with Gasteiger partial charge in [-0.05, 0) is 31.4 Å². The SMILES string of the molecule is CCOC(C#C[C@@H](O)/C=C/c1ccccc1)OCC. The number of ether oxygens (including phenoxy) is 2. The third-order valence-electron chi connectivity index (χ3n) is 2.26. The van der Waals surface area contributed by atoms with Crippen molar-refractivity contribution in [2.45, 2.75) is 26.2 Å².